The molecule has 5 aromatic rings. The third-order valence-corrected chi connectivity index (χ3v) is 10.2. The number of urea groups is 1. The highest BCUT2D eigenvalue weighted by atomic mass is 16.2. The maximum Gasteiger partial charge on any atom is 0.324 e. The van der Waals surface area contributed by atoms with Crippen molar-refractivity contribution in [2.24, 2.45) is 5.92 Å². The molecule has 3 N–H and O–H groups in total. The molecular weight excluding hydrogens is 649 g/mol. The van der Waals surface area contributed by atoms with Crippen molar-refractivity contribution in [3.8, 4) is 5.69 Å². The first-order chi connectivity index (χ1) is 24.9. The topological polar surface area (TPSA) is 117 Å². The number of rotatable bonds is 8. The molecule has 2 aliphatic rings. The van der Waals surface area contributed by atoms with Crippen LogP contribution >= 0.6 is 0 Å². The number of carbonyl (C=O) groups is 2. The molecule has 0 spiro atoms. The van der Waals surface area contributed by atoms with E-state index in [-0.39, 0.29) is 29.4 Å². The molecule has 3 amide bonds. The number of hydrogen-bond donors (Lipinski definition) is 3. The van der Waals surface area contributed by atoms with Crippen molar-refractivity contribution in [2.75, 3.05) is 16.0 Å². The van der Waals surface area contributed by atoms with Crippen molar-refractivity contribution in [3.63, 3.8) is 0 Å². The molecule has 2 aliphatic heterocycles. The largest absolute Gasteiger partial charge is 0.333 e. The molecule has 268 valence electrons. The van der Waals surface area contributed by atoms with Crippen LogP contribution in [0.15, 0.2) is 84.9 Å². The fraction of sp³-hybridized carbons (Fsp3) is 0.357. The van der Waals surface area contributed by atoms with Crippen LogP contribution in [0.2, 0.25) is 0 Å². The molecule has 3 aromatic carbocycles. The molecule has 2 fully saturated rings. The summed E-state index contributed by atoms with van der Waals surface area (Å²) in [6.45, 7) is 12.3. The van der Waals surface area contributed by atoms with E-state index in [1.54, 1.807) is 4.68 Å². The Labute approximate surface area is 306 Å². The van der Waals surface area contributed by atoms with Gasteiger partial charge in [-0.1, -0.05) is 50.6 Å². The average molecular weight is 697 g/mol. The second-order valence-electron chi connectivity index (χ2n) is 15.5. The lowest BCUT2D eigenvalue weighted by atomic mass is 9.85. The first-order valence-corrected chi connectivity index (χ1v) is 18.2. The molecule has 0 aliphatic carbocycles. The summed E-state index contributed by atoms with van der Waals surface area (Å²) in [5, 5.41) is 14.1. The van der Waals surface area contributed by atoms with Crippen LogP contribution in [0.25, 0.3) is 5.69 Å². The maximum absolute atomic E-state index is 13.7. The molecule has 0 radical (unpaired) electrons. The Balaban J connectivity index is 0.937. The van der Waals surface area contributed by atoms with Gasteiger partial charge in [0.1, 0.15) is 5.82 Å². The summed E-state index contributed by atoms with van der Waals surface area (Å²) in [6, 6.07) is 27.9. The summed E-state index contributed by atoms with van der Waals surface area (Å²) in [5.41, 5.74) is 8.10. The number of nitrogens with one attached hydrogen (secondary N) is 3. The van der Waals surface area contributed by atoms with Crippen LogP contribution in [-0.4, -0.2) is 48.7 Å². The van der Waals surface area contributed by atoms with E-state index in [0.717, 1.165) is 71.8 Å². The standard InChI is InChI=1S/C42H48N8O2/c1-26-7-17-34(18-8-26)50-38(25-37(48-50)42(4,5)6)47-41(52)46-33-13-9-29(10-14-33)22-30-23-35-19-20-36(24-30)49(35)39(51)31-11-15-32(16-12-31)45-40-43-27(2)21-28(3)44-40/h7-18,21,25,30,35-36H,19-20,22-24H2,1-6H3,(H,43,44,45)(H2,46,47,52). The zero-order chi connectivity index (χ0) is 36.6. The molecule has 2 bridgehead atoms. The quantitative estimate of drug-likeness (QED) is 0.149. The van der Waals surface area contributed by atoms with Crippen LogP contribution in [-0.2, 0) is 11.8 Å². The van der Waals surface area contributed by atoms with Gasteiger partial charge in [0.25, 0.3) is 5.91 Å². The van der Waals surface area contributed by atoms with Gasteiger partial charge in [0.2, 0.25) is 5.95 Å². The van der Waals surface area contributed by atoms with Gasteiger partial charge in [-0.25, -0.2) is 19.4 Å². The van der Waals surface area contributed by atoms with Gasteiger partial charge in [0.05, 0.1) is 11.4 Å². The minimum atomic E-state index is -0.323. The second-order valence-corrected chi connectivity index (χ2v) is 15.5. The number of amides is 3. The highest BCUT2D eigenvalue weighted by Crippen LogP contribution is 2.41. The lowest BCUT2D eigenvalue weighted by molar-refractivity contribution is 0.0524. The van der Waals surface area contributed by atoms with E-state index in [1.807, 2.05) is 93.6 Å². The van der Waals surface area contributed by atoms with Crippen molar-refractivity contribution >= 4 is 35.1 Å². The van der Waals surface area contributed by atoms with Crippen LogP contribution in [0.1, 0.15) is 85.0 Å². The molecule has 10 heteroatoms. The second kappa shape index (κ2) is 14.3. The third-order valence-electron chi connectivity index (χ3n) is 10.2. The van der Waals surface area contributed by atoms with Crippen LogP contribution in [0.5, 0.6) is 0 Å². The molecule has 0 saturated carbocycles. The molecular formula is C42H48N8O2. The molecule has 52 heavy (non-hydrogen) atoms. The Morgan fingerprint density at radius 3 is 2.00 bits per heavy atom. The van der Waals surface area contributed by atoms with Crippen molar-refractivity contribution < 1.29 is 9.59 Å². The highest BCUT2D eigenvalue weighted by Gasteiger charge is 2.43. The van der Waals surface area contributed by atoms with Gasteiger partial charge in [0.15, 0.2) is 0 Å². The molecule has 4 heterocycles. The van der Waals surface area contributed by atoms with Gasteiger partial charge < -0.3 is 15.5 Å². The van der Waals surface area contributed by atoms with Gasteiger partial charge in [-0.3, -0.25) is 10.1 Å². The van der Waals surface area contributed by atoms with E-state index in [4.69, 9.17) is 5.10 Å². The number of anilines is 4. The number of nitrogens with zero attached hydrogens (tertiary/aromatic N) is 5. The van der Waals surface area contributed by atoms with Gasteiger partial charge in [0, 0.05) is 51.9 Å². The van der Waals surface area contributed by atoms with Crippen LogP contribution < -0.4 is 16.0 Å². The van der Waals surface area contributed by atoms with E-state index >= 15 is 0 Å². The SMILES string of the molecule is Cc1ccc(-n2nc(C(C)(C)C)cc2NC(=O)Nc2ccc(CC3CC4CCC(C3)N4C(=O)c3ccc(Nc4nc(C)cc(C)n4)cc3)cc2)cc1. The molecule has 2 atom stereocenters. The van der Waals surface area contributed by atoms with Gasteiger partial charge in [-0.05, 0) is 119 Å². The first-order valence-electron chi connectivity index (χ1n) is 18.2. The lowest BCUT2D eigenvalue weighted by Crippen LogP contribution is -2.46. The Morgan fingerprint density at radius 1 is 0.769 bits per heavy atom. The highest BCUT2D eigenvalue weighted by molar-refractivity contribution is 5.99. The number of aryl methyl sites for hydroxylation is 3. The summed E-state index contributed by atoms with van der Waals surface area (Å²) in [6.07, 6.45) is 5.05. The summed E-state index contributed by atoms with van der Waals surface area (Å²) < 4.78 is 1.78. The Hall–Kier alpha value is -5.51. The fourth-order valence-electron chi connectivity index (χ4n) is 7.60. The van der Waals surface area contributed by atoms with Gasteiger partial charge in [-0.15, -0.1) is 0 Å². The van der Waals surface area contributed by atoms with E-state index in [2.05, 4.69) is 63.7 Å². The number of hydrogen-bond acceptors (Lipinski definition) is 6. The smallest absolute Gasteiger partial charge is 0.324 e. The Kier molecular flexibility index (Phi) is 9.57. The van der Waals surface area contributed by atoms with Crippen LogP contribution in [0.4, 0.5) is 27.9 Å². The Bertz CT molecular complexity index is 2030. The molecule has 2 saturated heterocycles. The monoisotopic (exact) mass is 696 g/mol. The lowest BCUT2D eigenvalue weighted by Gasteiger charge is -2.39. The predicted octanol–water partition coefficient (Wildman–Crippen LogP) is 8.90. The fourth-order valence-corrected chi connectivity index (χ4v) is 7.60. The first kappa shape index (κ1) is 34.9. The normalized spacial score (nSPS) is 18.3. The summed E-state index contributed by atoms with van der Waals surface area (Å²) in [5.74, 6) is 1.79. The molecule has 10 nitrogen and oxygen atoms in total. The number of benzene rings is 3. The number of fused-ring (bicyclic) bond motifs is 2. The predicted molar refractivity (Wildman–Crippen MR) is 207 cm³/mol. The number of carbonyl (C=O) groups excluding carboxylic acids is 2. The number of aromatic nitrogens is 4. The summed E-state index contributed by atoms with van der Waals surface area (Å²) in [7, 11) is 0. The summed E-state index contributed by atoms with van der Waals surface area (Å²) >= 11 is 0. The maximum atomic E-state index is 13.7. The zero-order valence-corrected chi connectivity index (χ0v) is 30.9. The Morgan fingerprint density at radius 2 is 1.38 bits per heavy atom. The third kappa shape index (κ3) is 7.86. The molecule has 7 rings (SSSR count). The van der Waals surface area contributed by atoms with E-state index in [1.165, 1.54) is 5.56 Å². The van der Waals surface area contributed by atoms with Crippen LogP contribution in [0, 0.1) is 26.7 Å². The van der Waals surface area contributed by atoms with E-state index < -0.39 is 0 Å². The molecule has 2 unspecified atom stereocenters. The van der Waals surface area contributed by atoms with Crippen molar-refractivity contribution in [2.45, 2.75) is 91.1 Å². The van der Waals surface area contributed by atoms with Crippen molar-refractivity contribution in [1.29, 1.82) is 0 Å². The van der Waals surface area contributed by atoms with Crippen molar-refractivity contribution in [3.05, 3.63) is 119 Å². The zero-order valence-electron chi connectivity index (χ0n) is 30.9. The summed E-state index contributed by atoms with van der Waals surface area (Å²) in [4.78, 5) is 37.9. The number of piperidine rings is 1. The van der Waals surface area contributed by atoms with E-state index in [9.17, 15) is 9.59 Å². The minimum Gasteiger partial charge on any atom is -0.333 e. The van der Waals surface area contributed by atoms with Crippen LogP contribution in [0.3, 0.4) is 0 Å². The average Bonchev–Trinajstić information content (AvgIpc) is 3.63. The van der Waals surface area contributed by atoms with Crippen molar-refractivity contribution in [1.82, 2.24) is 24.6 Å². The molecule has 2 aromatic heterocycles. The van der Waals surface area contributed by atoms with Gasteiger partial charge >= 0.3 is 6.03 Å². The van der Waals surface area contributed by atoms with E-state index in [0.29, 0.717) is 23.2 Å². The minimum absolute atomic E-state index is 0.116. The van der Waals surface area contributed by atoms with Gasteiger partial charge in [-0.2, -0.15) is 5.10 Å².